The van der Waals surface area contributed by atoms with Gasteiger partial charge in [-0.15, -0.1) is 0 Å². The van der Waals surface area contributed by atoms with Gasteiger partial charge in [0.25, 0.3) is 0 Å². The molecule has 0 aromatic rings. The van der Waals surface area contributed by atoms with Crippen LogP contribution in [-0.4, -0.2) is 42.8 Å². The van der Waals surface area contributed by atoms with Crippen molar-refractivity contribution in [2.45, 2.75) is 187 Å². The number of carbonyl (C=O) groups is 2. The lowest BCUT2D eigenvalue weighted by Crippen LogP contribution is -2.29. The second kappa shape index (κ2) is 36.1. The fraction of sp³-hybridized carbons (Fsp3) is 0.800. The summed E-state index contributed by atoms with van der Waals surface area (Å²) in [5.74, 6) is -0.824. The molecule has 9 heteroatoms. The average molecular weight is 713 g/mol. The Balaban J connectivity index is 4.17. The van der Waals surface area contributed by atoms with Crippen LogP contribution in [0.5, 0.6) is 0 Å². The van der Waals surface area contributed by atoms with Crippen LogP contribution in [-0.2, 0) is 32.7 Å². The molecule has 0 fully saturated rings. The number of allylic oxidation sites excluding steroid dienone is 6. The predicted molar refractivity (Wildman–Crippen MR) is 202 cm³/mol. The third-order valence-electron chi connectivity index (χ3n) is 8.17. The van der Waals surface area contributed by atoms with Gasteiger partial charge in [0.05, 0.1) is 13.2 Å². The van der Waals surface area contributed by atoms with Crippen molar-refractivity contribution in [3.63, 3.8) is 0 Å². The van der Waals surface area contributed by atoms with Crippen LogP contribution in [0.15, 0.2) is 36.5 Å². The highest BCUT2D eigenvalue weighted by Crippen LogP contribution is 2.43. The molecule has 1 N–H and O–H groups in total. The molecular formula is C40H73O8P. The zero-order valence-corrected chi connectivity index (χ0v) is 32.5. The molecule has 49 heavy (non-hydrogen) atoms. The Hall–Kier alpha value is -1.73. The summed E-state index contributed by atoms with van der Waals surface area (Å²) < 4.78 is 32.5. The van der Waals surface area contributed by atoms with E-state index >= 15 is 0 Å². The maximum absolute atomic E-state index is 12.5. The molecule has 0 rings (SSSR count). The smallest absolute Gasteiger partial charge is 0.462 e. The first-order chi connectivity index (χ1) is 23.8. The van der Waals surface area contributed by atoms with E-state index in [0.29, 0.717) is 6.42 Å². The fourth-order valence-corrected chi connectivity index (χ4v) is 5.98. The fourth-order valence-electron chi connectivity index (χ4n) is 5.23. The first-order valence-electron chi connectivity index (χ1n) is 19.8. The van der Waals surface area contributed by atoms with E-state index in [2.05, 4.69) is 50.3 Å². The van der Waals surface area contributed by atoms with Gasteiger partial charge in [-0.05, 0) is 71.1 Å². The normalized spacial score (nSPS) is 13.8. The van der Waals surface area contributed by atoms with Gasteiger partial charge in [-0.25, -0.2) is 4.57 Å². The molecule has 0 spiro atoms. The van der Waals surface area contributed by atoms with E-state index in [4.69, 9.17) is 18.5 Å². The molecule has 0 aromatic heterocycles. The van der Waals surface area contributed by atoms with E-state index < -0.39 is 26.5 Å². The molecule has 0 aliphatic carbocycles. The van der Waals surface area contributed by atoms with Gasteiger partial charge >= 0.3 is 19.8 Å². The summed E-state index contributed by atoms with van der Waals surface area (Å²) in [6.07, 6.45) is 39.0. The van der Waals surface area contributed by atoms with Crippen molar-refractivity contribution in [1.82, 2.24) is 0 Å². The highest BCUT2D eigenvalue weighted by atomic mass is 31.2. The van der Waals surface area contributed by atoms with Crippen LogP contribution in [0.4, 0.5) is 0 Å². The summed E-state index contributed by atoms with van der Waals surface area (Å²) >= 11 is 0. The Bertz CT molecular complexity index is 901. The van der Waals surface area contributed by atoms with Gasteiger partial charge in [-0.1, -0.05) is 134 Å². The average Bonchev–Trinajstić information content (AvgIpc) is 3.07. The number of phosphoric ester groups is 1. The van der Waals surface area contributed by atoms with E-state index in [1.165, 1.54) is 57.8 Å². The number of esters is 2. The Morgan fingerprint density at radius 1 is 0.551 bits per heavy atom. The second-order valence-corrected chi connectivity index (χ2v) is 14.4. The lowest BCUT2D eigenvalue weighted by molar-refractivity contribution is -0.161. The van der Waals surface area contributed by atoms with E-state index in [0.717, 1.165) is 83.5 Å². The van der Waals surface area contributed by atoms with E-state index in [1.54, 1.807) is 6.92 Å². The van der Waals surface area contributed by atoms with Crippen LogP contribution >= 0.6 is 7.82 Å². The van der Waals surface area contributed by atoms with E-state index in [-0.39, 0.29) is 32.0 Å². The Morgan fingerprint density at radius 2 is 1.00 bits per heavy atom. The maximum atomic E-state index is 12.5. The molecule has 0 radical (unpaired) electrons. The van der Waals surface area contributed by atoms with Crippen molar-refractivity contribution in [3.05, 3.63) is 36.5 Å². The summed E-state index contributed by atoms with van der Waals surface area (Å²) in [7, 11) is -4.28. The monoisotopic (exact) mass is 713 g/mol. The molecule has 0 aliphatic rings. The lowest BCUT2D eigenvalue weighted by Gasteiger charge is -2.19. The minimum absolute atomic E-state index is 0.00404. The molecular weight excluding hydrogens is 639 g/mol. The summed E-state index contributed by atoms with van der Waals surface area (Å²) in [6, 6.07) is 0. The molecule has 0 aromatic carbocycles. The van der Waals surface area contributed by atoms with Crippen LogP contribution in [0, 0.1) is 0 Å². The maximum Gasteiger partial charge on any atom is 0.472 e. The van der Waals surface area contributed by atoms with Crippen molar-refractivity contribution in [2.24, 2.45) is 0 Å². The number of rotatable bonds is 36. The summed E-state index contributed by atoms with van der Waals surface area (Å²) in [6.45, 7) is 5.39. The Kier molecular flexibility index (Phi) is 34.8. The molecule has 8 nitrogen and oxygen atoms in total. The van der Waals surface area contributed by atoms with Crippen LogP contribution in [0.2, 0.25) is 0 Å². The van der Waals surface area contributed by atoms with Gasteiger partial charge in [0.2, 0.25) is 0 Å². The minimum atomic E-state index is -4.28. The van der Waals surface area contributed by atoms with Crippen molar-refractivity contribution in [1.29, 1.82) is 0 Å². The summed E-state index contributed by atoms with van der Waals surface area (Å²) in [5.41, 5.74) is 0. The third kappa shape index (κ3) is 35.9. The van der Waals surface area contributed by atoms with E-state index in [9.17, 15) is 19.0 Å². The number of hydrogen-bond donors (Lipinski definition) is 1. The van der Waals surface area contributed by atoms with Crippen LogP contribution in [0.1, 0.15) is 181 Å². The summed E-state index contributed by atoms with van der Waals surface area (Å²) in [5, 5.41) is 0. The molecule has 2 unspecified atom stereocenters. The third-order valence-corrected chi connectivity index (χ3v) is 9.23. The molecule has 0 saturated carbocycles. The highest BCUT2D eigenvalue weighted by molar-refractivity contribution is 7.47. The highest BCUT2D eigenvalue weighted by Gasteiger charge is 2.25. The van der Waals surface area contributed by atoms with Gasteiger partial charge in [0.15, 0.2) is 6.10 Å². The van der Waals surface area contributed by atoms with E-state index in [1.807, 2.05) is 0 Å². The quantitative estimate of drug-likeness (QED) is 0.0296. The molecule has 0 saturated heterocycles. The van der Waals surface area contributed by atoms with Crippen molar-refractivity contribution in [2.75, 3.05) is 19.8 Å². The van der Waals surface area contributed by atoms with Crippen LogP contribution in [0.25, 0.3) is 0 Å². The molecule has 0 heterocycles. The number of carbonyl (C=O) groups excluding carboxylic acids is 2. The topological polar surface area (TPSA) is 108 Å². The van der Waals surface area contributed by atoms with Gasteiger partial charge in [0.1, 0.15) is 6.61 Å². The number of ether oxygens (including phenoxy) is 2. The van der Waals surface area contributed by atoms with Gasteiger partial charge < -0.3 is 14.4 Å². The number of unbranched alkanes of at least 4 members (excludes halogenated alkanes) is 18. The van der Waals surface area contributed by atoms with Gasteiger partial charge in [-0.3, -0.25) is 18.6 Å². The zero-order chi connectivity index (χ0) is 36.1. The van der Waals surface area contributed by atoms with Crippen molar-refractivity contribution < 1.29 is 37.6 Å². The molecule has 286 valence electrons. The standard InChI is InChI=1S/C40H73O8P/c1-4-7-9-11-13-15-17-19-21-23-24-26-28-30-32-34-39(41)45-36-38(37-47-49(43,44)46-6-3)48-40(42)35-33-31-29-27-25-22-20-18-16-14-12-10-8-5-2/h12,14,18-21,38H,4-11,13,15-17,22-37H2,1-3H3,(H,43,44)/b14-12-,20-18-,21-19-. The van der Waals surface area contributed by atoms with Crippen molar-refractivity contribution >= 4 is 19.8 Å². The Morgan fingerprint density at radius 3 is 1.53 bits per heavy atom. The van der Waals surface area contributed by atoms with Crippen molar-refractivity contribution in [3.8, 4) is 0 Å². The largest absolute Gasteiger partial charge is 0.472 e. The van der Waals surface area contributed by atoms with Gasteiger partial charge in [-0.2, -0.15) is 0 Å². The van der Waals surface area contributed by atoms with Crippen LogP contribution < -0.4 is 0 Å². The Labute approximate surface area is 300 Å². The SMILES string of the molecule is CCCC/C=C\C/C=C\CCCCCCCC(=O)OC(COC(=O)CCCCCCC/C=C\CCCCCCCC)COP(=O)(O)OCC. The zero-order valence-electron chi connectivity index (χ0n) is 31.6. The molecule has 2 atom stereocenters. The first kappa shape index (κ1) is 47.3. The molecule has 0 bridgehead atoms. The minimum Gasteiger partial charge on any atom is -0.462 e. The number of hydrogen-bond acceptors (Lipinski definition) is 7. The molecule has 0 aliphatic heterocycles. The van der Waals surface area contributed by atoms with Gasteiger partial charge in [0, 0.05) is 12.8 Å². The first-order valence-corrected chi connectivity index (χ1v) is 21.3. The second-order valence-electron chi connectivity index (χ2n) is 12.9. The predicted octanol–water partition coefficient (Wildman–Crippen LogP) is 12.1. The lowest BCUT2D eigenvalue weighted by atomic mass is 10.1. The molecule has 0 amide bonds. The number of phosphoric acid groups is 1. The van der Waals surface area contributed by atoms with Crippen LogP contribution in [0.3, 0.4) is 0 Å². The summed E-state index contributed by atoms with van der Waals surface area (Å²) in [4.78, 5) is 34.6.